The Morgan fingerprint density at radius 3 is 1.46 bits per heavy atom. The van der Waals surface area contributed by atoms with Gasteiger partial charge in [-0.1, -0.05) is 198 Å². The van der Waals surface area contributed by atoms with Crippen molar-refractivity contribution in [1.82, 2.24) is 4.75 Å². The van der Waals surface area contributed by atoms with E-state index < -0.39 is 44.8 Å². The molecule has 7 heterocycles. The second-order valence-electron chi connectivity index (χ2n) is 34.3. The van der Waals surface area contributed by atoms with Gasteiger partial charge < -0.3 is 17.9 Å². The van der Waals surface area contributed by atoms with Crippen LogP contribution in [0.3, 0.4) is 0 Å². The summed E-state index contributed by atoms with van der Waals surface area (Å²) in [6, 6.07) is 89.4. The Balaban J connectivity index is 0.000000112. The van der Waals surface area contributed by atoms with Gasteiger partial charge in [0.25, 0.3) is 18.3 Å². The van der Waals surface area contributed by atoms with Crippen LogP contribution in [0.5, 0.6) is 11.5 Å². The Morgan fingerprint density at radius 2 is 0.831 bits per heavy atom. The predicted octanol–water partition coefficient (Wildman–Crippen LogP) is 27.3. The number of hydrogen-bond acceptors (Lipinski definition) is 9. The van der Waals surface area contributed by atoms with Crippen LogP contribution in [0.2, 0.25) is 13.1 Å². The van der Waals surface area contributed by atoms with Gasteiger partial charge in [0, 0.05) is 114 Å². The molecule has 0 fully saturated rings. The van der Waals surface area contributed by atoms with Crippen molar-refractivity contribution in [2.75, 3.05) is 59.1 Å². The van der Waals surface area contributed by atoms with E-state index in [4.69, 9.17) is 8.95 Å². The molecule has 0 aliphatic carbocycles. The van der Waals surface area contributed by atoms with E-state index in [-0.39, 0.29) is 0 Å². The van der Waals surface area contributed by atoms with E-state index in [1.54, 1.807) is 13.1 Å². The molecule has 630 valence electrons. The second kappa shape index (κ2) is 35.4. The van der Waals surface area contributed by atoms with Gasteiger partial charge in [-0.2, -0.15) is 0 Å². The number of aryl methyl sites for hydroxylation is 14. The second-order valence-corrected chi connectivity index (χ2v) is 48.1. The third-order valence-electron chi connectivity index (χ3n) is 23.7. The molecular formula is C106H108N5O6P3S3Si. The molecule has 0 N–H and O–H groups in total. The Morgan fingerprint density at radius 1 is 0.411 bits per heavy atom. The van der Waals surface area contributed by atoms with Crippen LogP contribution >= 0.6 is 35.7 Å². The van der Waals surface area contributed by atoms with E-state index in [1.807, 2.05) is 106 Å². The fraction of sp³-hybridized carbons (Fsp3) is 0.208. The highest BCUT2D eigenvalue weighted by molar-refractivity contribution is 8.01. The molecule has 0 saturated heterocycles. The van der Waals surface area contributed by atoms with Crippen molar-refractivity contribution in [3.05, 3.63) is 333 Å². The van der Waals surface area contributed by atoms with E-state index in [1.165, 1.54) is 136 Å². The molecule has 1 aromatic heterocycles. The number of anilines is 4. The van der Waals surface area contributed by atoms with Gasteiger partial charge in [0.2, 0.25) is 0 Å². The summed E-state index contributed by atoms with van der Waals surface area (Å²) in [7, 11) is -0.764. The Bertz CT molecular complexity index is 6830. The van der Waals surface area contributed by atoms with Crippen LogP contribution in [0.1, 0.15) is 77.9 Å². The van der Waals surface area contributed by atoms with Crippen LogP contribution in [0.4, 0.5) is 22.7 Å². The molecule has 0 bridgehead atoms. The summed E-state index contributed by atoms with van der Waals surface area (Å²) in [5.74, 6) is 2.10. The van der Waals surface area contributed by atoms with Gasteiger partial charge >= 0.3 is 0 Å². The predicted molar refractivity (Wildman–Crippen MR) is 536 cm³/mol. The lowest BCUT2D eigenvalue weighted by Gasteiger charge is -2.35. The summed E-state index contributed by atoms with van der Waals surface area (Å²) in [5.41, 5.74) is 36.5. The third-order valence-corrected chi connectivity index (χ3v) is 35.4. The zero-order chi connectivity index (χ0) is 88.4. The van der Waals surface area contributed by atoms with Crippen molar-refractivity contribution >= 4 is 125 Å². The topological polar surface area (TPSA) is 113 Å². The molecule has 11 nitrogen and oxygen atoms in total. The van der Waals surface area contributed by atoms with Crippen LogP contribution in [0, 0.1) is 96.9 Å². The van der Waals surface area contributed by atoms with Crippen molar-refractivity contribution in [2.45, 2.75) is 125 Å². The van der Waals surface area contributed by atoms with Crippen molar-refractivity contribution < 1.29 is 26.1 Å². The van der Waals surface area contributed by atoms with E-state index in [0.29, 0.717) is 4.90 Å². The Labute approximate surface area is 745 Å². The zero-order valence-electron chi connectivity index (χ0n) is 75.0. The van der Waals surface area contributed by atoms with E-state index in [2.05, 4.69) is 317 Å². The van der Waals surface area contributed by atoms with E-state index >= 15 is 0 Å². The van der Waals surface area contributed by atoms with Crippen molar-refractivity contribution in [1.29, 1.82) is 0 Å². The van der Waals surface area contributed by atoms with E-state index in [0.717, 1.165) is 103 Å². The Hall–Kier alpha value is -10.7. The highest BCUT2D eigenvalue weighted by Crippen LogP contribution is 2.56. The average molecular weight is 1770 g/mol. The first kappa shape index (κ1) is 88.2. The zero-order valence-corrected chi connectivity index (χ0v) is 81.1. The van der Waals surface area contributed by atoms with E-state index in [9.17, 15) is 17.2 Å². The lowest BCUT2D eigenvalue weighted by molar-refractivity contribution is 0.562. The van der Waals surface area contributed by atoms with Crippen LogP contribution in [0.15, 0.2) is 269 Å². The summed E-state index contributed by atoms with van der Waals surface area (Å²) in [6.07, 6.45) is 0. The molecule has 0 amide bonds. The van der Waals surface area contributed by atoms with Gasteiger partial charge in [-0.05, 0) is 296 Å². The van der Waals surface area contributed by atoms with Gasteiger partial charge in [0.1, 0.15) is 19.6 Å². The molecule has 3 unspecified atom stereocenters. The quantitative estimate of drug-likeness (QED) is 0.0629. The number of benzene rings is 14. The van der Waals surface area contributed by atoms with Crippen LogP contribution in [0.25, 0.3) is 88.2 Å². The molecule has 21 rings (SSSR count). The monoisotopic (exact) mass is 1760 g/mol. The number of aromatic nitrogens is 1. The van der Waals surface area contributed by atoms with Crippen LogP contribution < -0.4 is 42.3 Å². The first-order valence-corrected chi connectivity index (χ1v) is 52.7. The minimum atomic E-state index is -3.44. The summed E-state index contributed by atoms with van der Waals surface area (Å²) in [5, 5.41) is 7.66. The molecule has 0 saturated carbocycles. The molecule has 0 radical (unpaired) electrons. The first-order valence-electron chi connectivity index (χ1n) is 41.8. The number of rotatable bonds is 0. The molecular weight excluding hydrogens is 1660 g/mol. The Kier molecular flexibility index (Phi) is 25.2. The van der Waals surface area contributed by atoms with Crippen molar-refractivity contribution in [3.8, 4) is 78.3 Å². The smallest absolute Gasteiger partial charge is 0.277 e. The first-order chi connectivity index (χ1) is 58.9. The fourth-order valence-corrected chi connectivity index (χ4v) is 27.2. The molecule has 3 atom stereocenters. The summed E-state index contributed by atoms with van der Waals surface area (Å²) in [4.78, 5) is 2.66. The number of sulfonamides is 1. The fourth-order valence-electron chi connectivity index (χ4n) is 16.7. The normalized spacial score (nSPS) is 16.0. The average Bonchev–Trinajstić information content (AvgIpc) is 0.736. The van der Waals surface area contributed by atoms with Crippen LogP contribution in [-0.2, 0) is 25.6 Å². The maximum Gasteiger partial charge on any atom is 0.277 e. The maximum atomic E-state index is 13.1. The van der Waals surface area contributed by atoms with Gasteiger partial charge in [-0.15, -0.1) is 0 Å². The molecule has 15 aromatic rings. The highest BCUT2D eigenvalue weighted by Gasteiger charge is 2.38. The molecule has 0 spiro atoms. The van der Waals surface area contributed by atoms with Gasteiger partial charge in [-0.25, -0.2) is 17.4 Å². The SMILES string of the molecule is Cc1ccc2c(c1)N(C)P(C)(=O)c1cc(C)ccc1-2.Cc1ccc2c(c1)N(C)S(=O)(=O)c1cc(C)ccc1-2.Cc1ccc2c(c1)N(C)S(=O)c1cc(C)ccc1-2.Cc1ccc2c(c1)OP(C)c1cc(C)ccc1-2.Cc1ccc2c(c1)O[Si](C)(C)c1cc(C)ccc1-2.Cc1ccc2c(c1)SN(C)c1cc(C)ccc1-2.Cc1ccc2c(c1)npc1cc(C)ccc12. The molecule has 18 heteroatoms. The van der Waals surface area contributed by atoms with Crippen molar-refractivity contribution in [2.24, 2.45) is 0 Å². The summed E-state index contributed by atoms with van der Waals surface area (Å²) >= 11 is 1.81. The lowest BCUT2D eigenvalue weighted by atomic mass is 10.0. The number of nitrogens with zero attached hydrogens (tertiary/aromatic N) is 5. The van der Waals surface area contributed by atoms with Gasteiger partial charge in [-0.3, -0.25) is 13.2 Å². The molecule has 6 aliphatic rings. The summed E-state index contributed by atoms with van der Waals surface area (Å²) in [6.45, 7) is 37.7. The largest absolute Gasteiger partial charge is 0.539 e. The van der Waals surface area contributed by atoms with Gasteiger partial charge in [0.15, 0.2) is 18.3 Å². The molecule has 14 aromatic carbocycles. The minimum Gasteiger partial charge on any atom is -0.539 e. The molecule has 124 heavy (non-hydrogen) atoms. The lowest BCUT2D eigenvalue weighted by Crippen LogP contribution is -2.51. The maximum absolute atomic E-state index is 13.1. The van der Waals surface area contributed by atoms with Crippen molar-refractivity contribution in [3.63, 3.8) is 0 Å². The van der Waals surface area contributed by atoms with Crippen LogP contribution in [-0.4, -0.2) is 67.2 Å². The number of fused-ring (bicyclic) bond motifs is 21. The van der Waals surface area contributed by atoms with Gasteiger partial charge in [0.05, 0.1) is 38.1 Å². The molecule has 6 aliphatic heterocycles. The summed E-state index contributed by atoms with van der Waals surface area (Å²) < 4.78 is 75.2. The highest BCUT2D eigenvalue weighted by atomic mass is 32.2. The number of hydrogen-bond donors (Lipinski definition) is 0. The standard InChI is InChI=1S/C16H18NOP.C16H18OSi.C15H15NO2S.C15H15NOS.C15H15NS.C15H15OP.C14H12NP/c1-11-5-7-13-14-8-6-12(2)10-16(14)19(4,18)17(3)15(13)9-11;1-11-5-7-13-14-8-6-12(2)10-16(14)18(3,4)17-15(13)9-11;1-10-4-6-12-13-7-5-11(2)9-15(13)19(17,18)16(3)14(12)8-10;1-10-4-6-12-13-7-5-11(2)9-15(13)18(17)16(3)14(12)8-10;1-10-4-6-12-13-7-5-11(2)9-15(13)17-16(3)14(12)8-10;1-10-4-6-12-13-7-5-11(2)9-15(13)17(3)16-14(12)8-10;1-9-3-5-11-12-6-4-10(2)8-14(12)16-15-13(11)7-9/h5-10H,1-4H3;5-10H,1-4H3;4-9H,1-3H3;4-9H,1-3H3;2*4-9H,1-3H3;3-8H,1-2H3. The third kappa shape index (κ3) is 17.9. The minimum absolute atomic E-state index is 0.395.